The van der Waals surface area contributed by atoms with Gasteiger partial charge in [-0.25, -0.2) is 4.39 Å². The number of halogens is 4. The van der Waals surface area contributed by atoms with Crippen LogP contribution in [0, 0.1) is 5.82 Å². The van der Waals surface area contributed by atoms with Gasteiger partial charge in [0.05, 0.1) is 5.56 Å². The minimum atomic E-state index is -4.56. The van der Waals surface area contributed by atoms with E-state index in [2.05, 4.69) is 5.32 Å². The summed E-state index contributed by atoms with van der Waals surface area (Å²) in [6.07, 6.45) is -3.00. The fourth-order valence-corrected chi connectivity index (χ4v) is 1.70. The molecule has 0 atom stereocenters. The predicted molar refractivity (Wildman–Crippen MR) is 66.2 cm³/mol. The molecule has 0 radical (unpaired) electrons. The molecule has 3 N–H and O–H groups in total. The number of rotatable bonds is 7. The Morgan fingerprint density at radius 2 is 1.90 bits per heavy atom. The van der Waals surface area contributed by atoms with Crippen molar-refractivity contribution in [3.8, 4) is 0 Å². The van der Waals surface area contributed by atoms with Gasteiger partial charge in [0.15, 0.2) is 0 Å². The second-order valence-electron chi connectivity index (χ2n) is 4.45. The van der Waals surface area contributed by atoms with Crippen molar-refractivity contribution in [1.82, 2.24) is 5.32 Å². The summed E-state index contributed by atoms with van der Waals surface area (Å²) in [6, 6.07) is 2.45. The lowest BCUT2D eigenvalue weighted by Crippen LogP contribution is -2.17. The summed E-state index contributed by atoms with van der Waals surface area (Å²) in [5.74, 6) is -1.30. The minimum absolute atomic E-state index is 0.136. The molecule has 1 aromatic carbocycles. The van der Waals surface area contributed by atoms with Gasteiger partial charge in [0.1, 0.15) is 5.82 Å². The fraction of sp³-hybridized carbons (Fsp3) is 0.462. The molecule has 0 aliphatic carbocycles. The van der Waals surface area contributed by atoms with Gasteiger partial charge in [-0.1, -0.05) is 0 Å². The number of primary amides is 1. The molecule has 0 bridgehead atoms. The topological polar surface area (TPSA) is 55.1 Å². The van der Waals surface area contributed by atoms with Crippen LogP contribution in [0.5, 0.6) is 0 Å². The quantitative estimate of drug-likeness (QED) is 0.599. The van der Waals surface area contributed by atoms with Crippen LogP contribution in [0.4, 0.5) is 17.6 Å². The van der Waals surface area contributed by atoms with E-state index in [9.17, 15) is 22.4 Å². The van der Waals surface area contributed by atoms with E-state index in [1.807, 2.05) is 0 Å². The second-order valence-corrected chi connectivity index (χ2v) is 4.45. The Balaban J connectivity index is 2.44. The predicted octanol–water partition coefficient (Wildman–Crippen LogP) is 2.59. The first-order valence-electron chi connectivity index (χ1n) is 6.14. The van der Waals surface area contributed by atoms with Crippen molar-refractivity contribution in [1.29, 1.82) is 0 Å². The van der Waals surface area contributed by atoms with Crippen LogP contribution in [0.1, 0.15) is 30.4 Å². The molecular formula is C13H16F4N2O. The monoisotopic (exact) mass is 292 g/mol. The van der Waals surface area contributed by atoms with Crippen LogP contribution in [-0.2, 0) is 17.5 Å². The van der Waals surface area contributed by atoms with Crippen molar-refractivity contribution >= 4 is 5.91 Å². The number of hydrogen-bond donors (Lipinski definition) is 2. The molecule has 3 nitrogen and oxygen atoms in total. The Hall–Kier alpha value is -1.63. The first-order chi connectivity index (χ1) is 9.29. The highest BCUT2D eigenvalue weighted by atomic mass is 19.4. The minimum Gasteiger partial charge on any atom is -0.370 e. The maximum Gasteiger partial charge on any atom is 0.416 e. The summed E-state index contributed by atoms with van der Waals surface area (Å²) in [4.78, 5) is 10.5. The summed E-state index contributed by atoms with van der Waals surface area (Å²) in [7, 11) is 0. The lowest BCUT2D eigenvalue weighted by molar-refractivity contribution is -0.137. The largest absolute Gasteiger partial charge is 0.416 e. The summed E-state index contributed by atoms with van der Waals surface area (Å²) in [6.45, 7) is 0.655. The molecule has 7 heteroatoms. The van der Waals surface area contributed by atoms with Crippen molar-refractivity contribution in [2.45, 2.75) is 32.0 Å². The van der Waals surface area contributed by atoms with Crippen LogP contribution in [0.15, 0.2) is 18.2 Å². The van der Waals surface area contributed by atoms with E-state index >= 15 is 0 Å². The Kier molecular flexibility index (Phi) is 5.94. The lowest BCUT2D eigenvalue weighted by atomic mass is 10.1. The fourth-order valence-electron chi connectivity index (χ4n) is 1.70. The Bertz CT molecular complexity index is 460. The van der Waals surface area contributed by atoms with Gasteiger partial charge in [-0.05, 0) is 43.1 Å². The van der Waals surface area contributed by atoms with Gasteiger partial charge in [-0.15, -0.1) is 0 Å². The highest BCUT2D eigenvalue weighted by molar-refractivity contribution is 5.73. The molecule has 0 saturated carbocycles. The zero-order valence-corrected chi connectivity index (χ0v) is 10.8. The standard InChI is InChI=1S/C13H16F4N2O/c14-11-6-9(5-10(7-11)13(15,16)17)8-19-4-2-1-3-12(18)20/h5-7,19H,1-4,8H2,(H2,18,20). The lowest BCUT2D eigenvalue weighted by Gasteiger charge is -2.10. The second kappa shape index (κ2) is 7.23. The molecule has 1 aromatic rings. The van der Waals surface area contributed by atoms with Gasteiger partial charge in [0, 0.05) is 13.0 Å². The maximum atomic E-state index is 13.1. The van der Waals surface area contributed by atoms with E-state index in [1.165, 1.54) is 0 Å². The Morgan fingerprint density at radius 1 is 1.20 bits per heavy atom. The molecule has 0 aliphatic heterocycles. The van der Waals surface area contributed by atoms with Crippen LogP contribution in [0.3, 0.4) is 0 Å². The average molecular weight is 292 g/mol. The SMILES string of the molecule is NC(=O)CCCCNCc1cc(F)cc(C(F)(F)F)c1. The summed E-state index contributed by atoms with van der Waals surface area (Å²) < 4.78 is 50.5. The first kappa shape index (κ1) is 16.4. The average Bonchev–Trinajstić information content (AvgIpc) is 2.31. The number of hydrogen-bond acceptors (Lipinski definition) is 2. The molecule has 1 amide bonds. The zero-order chi connectivity index (χ0) is 15.2. The normalized spacial score (nSPS) is 11.6. The van der Waals surface area contributed by atoms with E-state index in [1.54, 1.807) is 0 Å². The van der Waals surface area contributed by atoms with Gasteiger partial charge in [0.25, 0.3) is 0 Å². The number of alkyl halides is 3. The van der Waals surface area contributed by atoms with E-state index in [4.69, 9.17) is 5.73 Å². The smallest absolute Gasteiger partial charge is 0.370 e. The number of unbranched alkanes of at least 4 members (excludes halogenated alkanes) is 1. The number of nitrogens with one attached hydrogen (secondary N) is 1. The van der Waals surface area contributed by atoms with Crippen molar-refractivity contribution < 1.29 is 22.4 Å². The molecular weight excluding hydrogens is 276 g/mol. The highest BCUT2D eigenvalue weighted by Gasteiger charge is 2.31. The molecule has 1 rings (SSSR count). The molecule has 0 spiro atoms. The van der Waals surface area contributed by atoms with Gasteiger partial charge in [-0.2, -0.15) is 13.2 Å². The van der Waals surface area contributed by atoms with E-state index in [0.717, 1.165) is 12.1 Å². The molecule has 20 heavy (non-hydrogen) atoms. The molecule has 0 saturated heterocycles. The van der Waals surface area contributed by atoms with E-state index < -0.39 is 17.6 Å². The Morgan fingerprint density at radius 3 is 2.50 bits per heavy atom. The van der Waals surface area contributed by atoms with Gasteiger partial charge < -0.3 is 11.1 Å². The van der Waals surface area contributed by atoms with Crippen LogP contribution >= 0.6 is 0 Å². The molecule has 112 valence electrons. The number of benzene rings is 1. The van der Waals surface area contributed by atoms with Gasteiger partial charge in [0.2, 0.25) is 5.91 Å². The molecule has 0 aromatic heterocycles. The first-order valence-corrected chi connectivity index (χ1v) is 6.14. The van der Waals surface area contributed by atoms with Crippen molar-refractivity contribution in [2.24, 2.45) is 5.73 Å². The van der Waals surface area contributed by atoms with Crippen LogP contribution < -0.4 is 11.1 Å². The van der Waals surface area contributed by atoms with Crippen molar-refractivity contribution in [3.63, 3.8) is 0 Å². The summed E-state index contributed by atoms with van der Waals surface area (Å²) >= 11 is 0. The number of carbonyl (C=O) groups is 1. The highest BCUT2D eigenvalue weighted by Crippen LogP contribution is 2.30. The zero-order valence-electron chi connectivity index (χ0n) is 10.8. The van der Waals surface area contributed by atoms with Crippen molar-refractivity contribution in [2.75, 3.05) is 6.54 Å². The third-order valence-electron chi connectivity index (χ3n) is 2.64. The number of carbonyl (C=O) groups excluding carboxylic acids is 1. The van der Waals surface area contributed by atoms with Crippen LogP contribution in [0.25, 0.3) is 0 Å². The summed E-state index contributed by atoms with van der Waals surface area (Å²) in [5, 5.41) is 2.90. The molecule has 0 aliphatic rings. The molecule has 0 unspecified atom stereocenters. The van der Waals surface area contributed by atoms with Crippen molar-refractivity contribution in [3.05, 3.63) is 35.1 Å². The number of nitrogens with two attached hydrogens (primary N) is 1. The third kappa shape index (κ3) is 6.01. The Labute approximate surface area is 114 Å². The third-order valence-corrected chi connectivity index (χ3v) is 2.64. The van der Waals surface area contributed by atoms with E-state index in [0.29, 0.717) is 25.5 Å². The van der Waals surface area contributed by atoms with Gasteiger partial charge >= 0.3 is 6.18 Å². The van der Waals surface area contributed by atoms with Gasteiger partial charge in [-0.3, -0.25) is 4.79 Å². The number of amides is 1. The van der Waals surface area contributed by atoms with Crippen LogP contribution in [-0.4, -0.2) is 12.5 Å². The summed E-state index contributed by atoms with van der Waals surface area (Å²) in [5.41, 5.74) is 4.20. The molecule has 0 fully saturated rings. The molecule has 0 heterocycles. The van der Waals surface area contributed by atoms with E-state index in [-0.39, 0.29) is 24.4 Å². The van der Waals surface area contributed by atoms with Crippen LogP contribution in [0.2, 0.25) is 0 Å². The maximum absolute atomic E-state index is 13.1.